The van der Waals surface area contributed by atoms with Gasteiger partial charge >= 0.3 is 0 Å². The Kier molecular flexibility index (Phi) is 5.91. The topological polar surface area (TPSA) is 0 Å². The van der Waals surface area contributed by atoms with Gasteiger partial charge in [0, 0.05) is 0 Å². The minimum Gasteiger partial charge on any atom is -0.0776 e. The van der Waals surface area contributed by atoms with Gasteiger partial charge in [-0.2, -0.15) is 0 Å². The van der Waals surface area contributed by atoms with Crippen LogP contribution in [-0.4, -0.2) is 0 Å². The zero-order valence-corrected chi connectivity index (χ0v) is 8.22. The van der Waals surface area contributed by atoms with Crippen molar-refractivity contribution >= 4 is 0 Å². The van der Waals surface area contributed by atoms with E-state index in [9.17, 15) is 0 Å². The third-order valence-corrected chi connectivity index (χ3v) is 1.83. The zero-order valence-electron chi connectivity index (χ0n) is 8.22. The molecule has 0 nitrogen and oxygen atoms in total. The molecule has 1 aliphatic rings. The van der Waals surface area contributed by atoms with E-state index in [2.05, 4.69) is 32.1 Å². The molecule has 0 aromatic rings. The van der Waals surface area contributed by atoms with Crippen LogP contribution in [0.1, 0.15) is 40.5 Å². The molecule has 0 aromatic heterocycles. The van der Waals surface area contributed by atoms with Gasteiger partial charge in [-0.15, -0.1) is 0 Å². The third-order valence-electron chi connectivity index (χ3n) is 1.83. The first-order chi connectivity index (χ1) is 5.34. The molecule has 0 amide bonds. The molecule has 0 radical (unpaired) electrons. The molecule has 0 bridgehead atoms. The second kappa shape index (κ2) is 6.21. The Morgan fingerprint density at radius 2 is 2.00 bits per heavy atom. The molecule has 0 aliphatic heterocycles. The molecule has 0 N–H and O–H groups in total. The molecule has 1 atom stereocenters. The second-order valence-electron chi connectivity index (χ2n) is 2.67. The molecular weight excluding hydrogens is 132 g/mol. The van der Waals surface area contributed by atoms with Gasteiger partial charge in [0.2, 0.25) is 0 Å². The summed E-state index contributed by atoms with van der Waals surface area (Å²) in [6.45, 7) is 8.48. The van der Waals surface area contributed by atoms with Crippen molar-refractivity contribution < 1.29 is 0 Å². The maximum absolute atomic E-state index is 2.25. The third kappa shape index (κ3) is 3.41. The van der Waals surface area contributed by atoms with Crippen molar-refractivity contribution in [1.82, 2.24) is 0 Å². The van der Waals surface area contributed by atoms with Crippen LogP contribution in [0.5, 0.6) is 0 Å². The van der Waals surface area contributed by atoms with E-state index in [-0.39, 0.29) is 0 Å². The van der Waals surface area contributed by atoms with Gasteiger partial charge in [0.05, 0.1) is 0 Å². The largest absolute Gasteiger partial charge is 0.0776 e. The van der Waals surface area contributed by atoms with Gasteiger partial charge in [0.1, 0.15) is 0 Å². The van der Waals surface area contributed by atoms with E-state index >= 15 is 0 Å². The van der Waals surface area contributed by atoms with E-state index in [4.69, 9.17) is 0 Å². The van der Waals surface area contributed by atoms with Crippen LogP contribution < -0.4 is 0 Å². The summed E-state index contributed by atoms with van der Waals surface area (Å²) < 4.78 is 0. The zero-order chi connectivity index (χ0) is 8.69. The quantitative estimate of drug-likeness (QED) is 0.562. The van der Waals surface area contributed by atoms with E-state index in [1.54, 1.807) is 5.57 Å². The molecule has 0 heteroatoms. The van der Waals surface area contributed by atoms with E-state index in [1.807, 2.05) is 13.8 Å². The summed E-state index contributed by atoms with van der Waals surface area (Å²) in [6.07, 6.45) is 9.21. The van der Waals surface area contributed by atoms with Gasteiger partial charge in [-0.3, -0.25) is 0 Å². The summed E-state index contributed by atoms with van der Waals surface area (Å²) in [4.78, 5) is 0. The normalized spacial score (nSPS) is 20.7. The van der Waals surface area contributed by atoms with Crippen LogP contribution in [0.4, 0.5) is 0 Å². The van der Waals surface area contributed by atoms with E-state index in [0.717, 1.165) is 0 Å². The molecule has 1 unspecified atom stereocenters. The number of hydrogen-bond acceptors (Lipinski definition) is 0. The summed E-state index contributed by atoms with van der Waals surface area (Å²) in [6, 6.07) is 0. The number of rotatable bonds is 2. The first-order valence-electron chi connectivity index (χ1n) is 4.72. The summed E-state index contributed by atoms with van der Waals surface area (Å²) >= 11 is 0. The Bertz CT molecular complexity index is 140. The van der Waals surface area contributed by atoms with Crippen LogP contribution >= 0.6 is 0 Å². The molecule has 0 saturated heterocycles. The van der Waals surface area contributed by atoms with Crippen LogP contribution in [0.25, 0.3) is 0 Å². The summed E-state index contributed by atoms with van der Waals surface area (Å²) in [5.41, 5.74) is 1.59. The Balaban J connectivity index is 0.000000461. The molecular formula is C11H20. The monoisotopic (exact) mass is 152 g/mol. The standard InChI is InChI=1S/C9H14.C2H6/c1-3-5-9-7-4-6-8(9)2;1-2/h4,6-8H,3,5H2,1-2H3;1-2H3. The van der Waals surface area contributed by atoms with Crippen molar-refractivity contribution in [2.45, 2.75) is 40.5 Å². The minimum absolute atomic E-state index is 0.713. The lowest BCUT2D eigenvalue weighted by Crippen LogP contribution is -1.89. The van der Waals surface area contributed by atoms with Gasteiger partial charge in [-0.25, -0.2) is 0 Å². The summed E-state index contributed by atoms with van der Waals surface area (Å²) in [5, 5.41) is 0. The SMILES string of the molecule is CC.CCCC1=CC=CC1C. The Hall–Kier alpha value is -0.520. The van der Waals surface area contributed by atoms with Gasteiger partial charge in [-0.1, -0.05) is 57.9 Å². The smallest absolute Gasteiger partial charge is 0.00454 e. The second-order valence-corrected chi connectivity index (χ2v) is 2.67. The predicted molar refractivity (Wildman–Crippen MR) is 52.6 cm³/mol. The average molecular weight is 152 g/mol. The van der Waals surface area contributed by atoms with E-state index in [1.165, 1.54) is 12.8 Å². The molecule has 1 rings (SSSR count). The van der Waals surface area contributed by atoms with Crippen molar-refractivity contribution in [1.29, 1.82) is 0 Å². The van der Waals surface area contributed by atoms with Crippen LogP contribution in [0, 0.1) is 5.92 Å². The van der Waals surface area contributed by atoms with Crippen LogP contribution in [0.3, 0.4) is 0 Å². The highest BCUT2D eigenvalue weighted by Gasteiger charge is 2.06. The van der Waals surface area contributed by atoms with Gasteiger partial charge < -0.3 is 0 Å². The first kappa shape index (κ1) is 10.5. The molecule has 0 saturated carbocycles. The van der Waals surface area contributed by atoms with Crippen molar-refractivity contribution in [2.24, 2.45) is 5.92 Å². The predicted octanol–water partition coefficient (Wildman–Crippen LogP) is 3.95. The van der Waals surface area contributed by atoms with Gasteiger partial charge in [-0.05, 0) is 12.3 Å². The highest BCUT2D eigenvalue weighted by Crippen LogP contribution is 2.22. The molecule has 1 aliphatic carbocycles. The van der Waals surface area contributed by atoms with E-state index in [0.29, 0.717) is 5.92 Å². The maximum atomic E-state index is 2.25. The summed E-state index contributed by atoms with van der Waals surface area (Å²) in [5.74, 6) is 0.713. The number of allylic oxidation sites excluding steroid dienone is 4. The van der Waals surface area contributed by atoms with Crippen LogP contribution in [0.2, 0.25) is 0 Å². The highest BCUT2D eigenvalue weighted by molar-refractivity contribution is 5.26. The molecule has 0 aromatic carbocycles. The fourth-order valence-corrected chi connectivity index (χ4v) is 1.22. The van der Waals surface area contributed by atoms with Gasteiger partial charge in [0.15, 0.2) is 0 Å². The lowest BCUT2D eigenvalue weighted by molar-refractivity contribution is 0.774. The Labute approximate surface area is 71.0 Å². The summed E-state index contributed by atoms with van der Waals surface area (Å²) in [7, 11) is 0. The molecule has 0 fully saturated rings. The Morgan fingerprint density at radius 3 is 2.36 bits per heavy atom. The minimum atomic E-state index is 0.713. The molecule has 0 heterocycles. The molecule has 0 spiro atoms. The lowest BCUT2D eigenvalue weighted by atomic mass is 10.0. The van der Waals surface area contributed by atoms with Crippen molar-refractivity contribution in [3.8, 4) is 0 Å². The average Bonchev–Trinajstić information content (AvgIpc) is 2.42. The fraction of sp³-hybridized carbons (Fsp3) is 0.636. The van der Waals surface area contributed by atoms with Crippen molar-refractivity contribution in [3.05, 3.63) is 23.8 Å². The fourth-order valence-electron chi connectivity index (χ4n) is 1.22. The first-order valence-corrected chi connectivity index (χ1v) is 4.72. The van der Waals surface area contributed by atoms with Gasteiger partial charge in [0.25, 0.3) is 0 Å². The number of hydrogen-bond donors (Lipinski definition) is 0. The maximum Gasteiger partial charge on any atom is -0.00454 e. The molecule has 64 valence electrons. The highest BCUT2D eigenvalue weighted by atomic mass is 14.1. The molecule has 11 heavy (non-hydrogen) atoms. The van der Waals surface area contributed by atoms with Crippen molar-refractivity contribution in [3.63, 3.8) is 0 Å². The van der Waals surface area contributed by atoms with Crippen LogP contribution in [0.15, 0.2) is 23.8 Å². The van der Waals surface area contributed by atoms with Crippen molar-refractivity contribution in [2.75, 3.05) is 0 Å². The Morgan fingerprint density at radius 1 is 1.36 bits per heavy atom. The van der Waals surface area contributed by atoms with E-state index < -0.39 is 0 Å². The van der Waals surface area contributed by atoms with Crippen LogP contribution in [-0.2, 0) is 0 Å². The lowest BCUT2D eigenvalue weighted by Gasteiger charge is -2.04.